The summed E-state index contributed by atoms with van der Waals surface area (Å²) in [5.41, 5.74) is 2.97. The van der Waals surface area contributed by atoms with E-state index in [1.165, 1.54) is 0 Å². The number of halogens is 1. The van der Waals surface area contributed by atoms with Crippen LogP contribution in [0.3, 0.4) is 0 Å². The lowest BCUT2D eigenvalue weighted by molar-refractivity contribution is -0.114. The Balaban J connectivity index is 1.57. The van der Waals surface area contributed by atoms with Gasteiger partial charge < -0.3 is 16.0 Å². The minimum Gasteiger partial charge on any atom is -0.376 e. The molecule has 0 aliphatic heterocycles. The molecular weight excluding hydrogens is 338 g/mol. The van der Waals surface area contributed by atoms with Gasteiger partial charge >= 0.3 is 0 Å². The van der Waals surface area contributed by atoms with Gasteiger partial charge in [0.05, 0.1) is 6.54 Å². The molecule has 0 radical (unpaired) electrons. The lowest BCUT2D eigenvalue weighted by atomic mass is 10.2. The maximum absolute atomic E-state index is 12.1. The number of anilines is 2. The molecule has 6 heteroatoms. The Kier molecular flexibility index (Phi) is 5.24. The summed E-state index contributed by atoms with van der Waals surface area (Å²) in [7, 11) is 0. The largest absolute Gasteiger partial charge is 0.376 e. The van der Waals surface area contributed by atoms with Gasteiger partial charge in [-0.3, -0.25) is 9.59 Å². The summed E-state index contributed by atoms with van der Waals surface area (Å²) in [6, 6.07) is 12.7. The fraction of sp³-hybridized carbons (Fsp3) is 0.263. The van der Waals surface area contributed by atoms with E-state index >= 15 is 0 Å². The molecule has 0 spiro atoms. The Morgan fingerprint density at radius 3 is 2.72 bits per heavy atom. The maximum Gasteiger partial charge on any atom is 0.251 e. The minimum absolute atomic E-state index is 0.105. The Labute approximate surface area is 151 Å². The van der Waals surface area contributed by atoms with Gasteiger partial charge in [-0.2, -0.15) is 0 Å². The predicted octanol–water partition coefficient (Wildman–Crippen LogP) is 3.59. The third kappa shape index (κ3) is 4.97. The smallest absolute Gasteiger partial charge is 0.251 e. The fourth-order valence-electron chi connectivity index (χ4n) is 2.40. The van der Waals surface area contributed by atoms with Crippen molar-refractivity contribution in [3.63, 3.8) is 0 Å². The molecule has 1 aliphatic rings. The zero-order valence-corrected chi connectivity index (χ0v) is 14.7. The Morgan fingerprint density at radius 1 is 1.16 bits per heavy atom. The molecule has 25 heavy (non-hydrogen) atoms. The molecule has 3 N–H and O–H groups in total. The van der Waals surface area contributed by atoms with Crippen molar-refractivity contribution in [1.82, 2.24) is 5.32 Å². The Hall–Kier alpha value is -2.53. The van der Waals surface area contributed by atoms with Crippen LogP contribution in [0.2, 0.25) is 5.02 Å². The van der Waals surface area contributed by atoms with Gasteiger partial charge in [0, 0.05) is 28.0 Å². The van der Waals surface area contributed by atoms with Gasteiger partial charge in [0.1, 0.15) is 0 Å². The molecule has 0 unspecified atom stereocenters. The van der Waals surface area contributed by atoms with Crippen LogP contribution in [-0.4, -0.2) is 24.4 Å². The standard InChI is InChI=1S/C19H20ClN3O2/c1-12-5-6-14(20)10-17(12)21-11-18(24)22-16-4-2-3-13(9-16)19(25)23-15-7-8-15/h2-6,9-10,15,21H,7-8,11H2,1H3,(H,22,24)(H,23,25). The SMILES string of the molecule is Cc1ccc(Cl)cc1NCC(=O)Nc1cccc(C(=O)NC2CC2)c1. The molecule has 0 bridgehead atoms. The van der Waals surface area contributed by atoms with Gasteiger partial charge in [0.2, 0.25) is 5.91 Å². The summed E-state index contributed by atoms with van der Waals surface area (Å²) < 4.78 is 0. The van der Waals surface area contributed by atoms with Crippen LogP contribution in [0.25, 0.3) is 0 Å². The molecule has 130 valence electrons. The average Bonchev–Trinajstić information content (AvgIpc) is 3.40. The lowest BCUT2D eigenvalue weighted by Crippen LogP contribution is -2.26. The summed E-state index contributed by atoms with van der Waals surface area (Å²) in [6.07, 6.45) is 2.08. The van der Waals surface area contributed by atoms with Crippen molar-refractivity contribution in [2.75, 3.05) is 17.2 Å². The number of benzene rings is 2. The van der Waals surface area contributed by atoms with Crippen LogP contribution in [0.1, 0.15) is 28.8 Å². The normalized spacial score (nSPS) is 13.2. The van der Waals surface area contributed by atoms with Crippen LogP contribution in [0.4, 0.5) is 11.4 Å². The quantitative estimate of drug-likeness (QED) is 0.740. The zero-order chi connectivity index (χ0) is 17.8. The number of hydrogen-bond donors (Lipinski definition) is 3. The Bertz CT molecular complexity index is 803. The molecule has 5 nitrogen and oxygen atoms in total. The topological polar surface area (TPSA) is 70.2 Å². The summed E-state index contributed by atoms with van der Waals surface area (Å²) in [5.74, 6) is -0.301. The molecular formula is C19H20ClN3O2. The van der Waals surface area contributed by atoms with E-state index in [0.29, 0.717) is 22.3 Å². The molecule has 0 saturated heterocycles. The predicted molar refractivity (Wildman–Crippen MR) is 100 cm³/mol. The highest BCUT2D eigenvalue weighted by molar-refractivity contribution is 6.30. The van der Waals surface area contributed by atoms with E-state index in [0.717, 1.165) is 24.1 Å². The van der Waals surface area contributed by atoms with E-state index in [2.05, 4.69) is 16.0 Å². The highest BCUT2D eigenvalue weighted by atomic mass is 35.5. The zero-order valence-electron chi connectivity index (χ0n) is 13.9. The second kappa shape index (κ2) is 7.57. The third-order valence-corrected chi connectivity index (χ3v) is 4.20. The first kappa shape index (κ1) is 17.3. The van der Waals surface area contributed by atoms with Crippen LogP contribution in [0.5, 0.6) is 0 Å². The molecule has 0 heterocycles. The molecule has 2 aromatic rings. The van der Waals surface area contributed by atoms with Crippen molar-refractivity contribution < 1.29 is 9.59 Å². The first-order chi connectivity index (χ1) is 12.0. The van der Waals surface area contributed by atoms with Gasteiger partial charge in [0.15, 0.2) is 0 Å². The Morgan fingerprint density at radius 2 is 1.96 bits per heavy atom. The molecule has 0 aromatic heterocycles. The van der Waals surface area contributed by atoms with Crippen LogP contribution in [0.15, 0.2) is 42.5 Å². The van der Waals surface area contributed by atoms with Gasteiger partial charge in [-0.25, -0.2) is 0 Å². The fourth-order valence-corrected chi connectivity index (χ4v) is 2.57. The molecule has 3 rings (SSSR count). The van der Waals surface area contributed by atoms with Crippen LogP contribution in [-0.2, 0) is 4.79 Å². The van der Waals surface area contributed by atoms with Gasteiger partial charge in [0.25, 0.3) is 5.91 Å². The van der Waals surface area contributed by atoms with Crippen molar-refractivity contribution in [3.05, 3.63) is 58.6 Å². The lowest BCUT2D eigenvalue weighted by Gasteiger charge is -2.11. The maximum atomic E-state index is 12.1. The van der Waals surface area contributed by atoms with Crippen molar-refractivity contribution in [1.29, 1.82) is 0 Å². The van der Waals surface area contributed by atoms with Crippen molar-refractivity contribution in [3.8, 4) is 0 Å². The van der Waals surface area contributed by atoms with E-state index in [9.17, 15) is 9.59 Å². The summed E-state index contributed by atoms with van der Waals surface area (Å²) in [4.78, 5) is 24.2. The third-order valence-electron chi connectivity index (χ3n) is 3.96. The number of amides is 2. The summed E-state index contributed by atoms with van der Waals surface area (Å²) >= 11 is 5.97. The van der Waals surface area contributed by atoms with E-state index in [1.54, 1.807) is 36.4 Å². The second-order valence-electron chi connectivity index (χ2n) is 6.19. The van der Waals surface area contributed by atoms with Crippen molar-refractivity contribution in [2.45, 2.75) is 25.8 Å². The van der Waals surface area contributed by atoms with Crippen LogP contribution in [0, 0.1) is 6.92 Å². The molecule has 1 fully saturated rings. The molecule has 1 saturated carbocycles. The summed E-state index contributed by atoms with van der Waals surface area (Å²) in [6.45, 7) is 2.05. The monoisotopic (exact) mass is 357 g/mol. The summed E-state index contributed by atoms with van der Waals surface area (Å²) in [5, 5.41) is 9.41. The van der Waals surface area contributed by atoms with Gasteiger partial charge in [-0.05, 0) is 55.7 Å². The molecule has 2 aromatic carbocycles. The van der Waals surface area contributed by atoms with E-state index in [4.69, 9.17) is 11.6 Å². The van der Waals surface area contributed by atoms with E-state index in [1.807, 2.05) is 13.0 Å². The number of carbonyl (C=O) groups excluding carboxylic acids is 2. The number of rotatable bonds is 6. The number of aryl methyl sites for hydroxylation is 1. The first-order valence-corrected chi connectivity index (χ1v) is 8.60. The number of hydrogen-bond acceptors (Lipinski definition) is 3. The van der Waals surface area contributed by atoms with Crippen molar-refractivity contribution >= 4 is 34.8 Å². The number of nitrogens with one attached hydrogen (secondary N) is 3. The average molecular weight is 358 g/mol. The molecule has 2 amide bonds. The van der Waals surface area contributed by atoms with Gasteiger partial charge in [-0.1, -0.05) is 23.7 Å². The molecule has 1 aliphatic carbocycles. The minimum atomic E-state index is -0.195. The first-order valence-electron chi connectivity index (χ1n) is 8.22. The number of carbonyl (C=O) groups is 2. The van der Waals surface area contributed by atoms with Crippen LogP contribution < -0.4 is 16.0 Å². The van der Waals surface area contributed by atoms with Gasteiger partial charge in [-0.15, -0.1) is 0 Å². The van der Waals surface area contributed by atoms with E-state index < -0.39 is 0 Å². The van der Waals surface area contributed by atoms with Crippen molar-refractivity contribution in [2.24, 2.45) is 0 Å². The van der Waals surface area contributed by atoms with Crippen LogP contribution >= 0.6 is 11.6 Å². The highest BCUT2D eigenvalue weighted by Crippen LogP contribution is 2.21. The van der Waals surface area contributed by atoms with E-state index in [-0.39, 0.29) is 18.4 Å². The highest BCUT2D eigenvalue weighted by Gasteiger charge is 2.23. The second-order valence-corrected chi connectivity index (χ2v) is 6.63. The molecule has 0 atom stereocenters.